The van der Waals surface area contributed by atoms with E-state index >= 15 is 0 Å². The number of hydrogen-bond donors (Lipinski definition) is 0. The predicted molar refractivity (Wildman–Crippen MR) is 71.2 cm³/mol. The summed E-state index contributed by atoms with van der Waals surface area (Å²) in [6, 6.07) is 5.73. The van der Waals surface area contributed by atoms with Crippen molar-refractivity contribution in [1.29, 1.82) is 0 Å². The van der Waals surface area contributed by atoms with Crippen molar-refractivity contribution in [2.45, 2.75) is 44.5 Å². The largest absolute Gasteiger partial charge is 0.368 e. The highest BCUT2D eigenvalue weighted by Gasteiger charge is 2.20. The first-order valence-corrected chi connectivity index (χ1v) is 6.87. The average Bonchev–Trinajstić information content (AvgIpc) is 2.53. The lowest BCUT2D eigenvalue weighted by molar-refractivity contribution is 0.598. The number of halogens is 2. The maximum absolute atomic E-state index is 13.7. The third-order valence-electron chi connectivity index (χ3n) is 3.59. The molecular weight excluding hydrogens is 237 g/mol. The Labute approximate surface area is 108 Å². The maximum Gasteiger partial charge on any atom is 0.129 e. The second-order valence-corrected chi connectivity index (χ2v) is 5.03. The first-order chi connectivity index (χ1) is 8.24. The molecule has 0 bridgehead atoms. The Morgan fingerprint density at radius 1 is 1.35 bits per heavy atom. The molecule has 0 spiro atoms. The Kier molecular flexibility index (Phi) is 4.27. The molecule has 1 fully saturated rings. The molecule has 1 nitrogen and oxygen atoms in total. The Bertz CT molecular complexity index is 380. The summed E-state index contributed by atoms with van der Waals surface area (Å²) in [4.78, 5) is 2.31. The van der Waals surface area contributed by atoms with Gasteiger partial charge in [0.2, 0.25) is 0 Å². The number of hydrogen-bond acceptors (Lipinski definition) is 1. The van der Waals surface area contributed by atoms with Crippen LogP contribution in [0.2, 0.25) is 0 Å². The third-order valence-corrected chi connectivity index (χ3v) is 3.86. The molecule has 1 unspecified atom stereocenters. The van der Waals surface area contributed by atoms with Gasteiger partial charge in [0.25, 0.3) is 0 Å². The van der Waals surface area contributed by atoms with Gasteiger partial charge in [-0.15, -0.1) is 11.6 Å². The SMILES string of the molecule is CC1CCCCCN1c1cccc(F)c1CCl. The summed E-state index contributed by atoms with van der Waals surface area (Å²) in [5.41, 5.74) is 1.62. The molecule has 0 N–H and O–H groups in total. The summed E-state index contributed by atoms with van der Waals surface area (Å²) in [5.74, 6) is 0.0551. The zero-order valence-corrected chi connectivity index (χ0v) is 11.0. The zero-order chi connectivity index (χ0) is 12.3. The minimum absolute atomic E-state index is 0.186. The Morgan fingerprint density at radius 2 is 2.18 bits per heavy atom. The highest BCUT2D eigenvalue weighted by molar-refractivity contribution is 6.17. The number of anilines is 1. The quantitative estimate of drug-likeness (QED) is 0.711. The summed E-state index contributed by atoms with van der Waals surface area (Å²) in [5, 5.41) is 0. The molecule has 0 aromatic heterocycles. The van der Waals surface area contributed by atoms with Crippen LogP contribution in [0.5, 0.6) is 0 Å². The summed E-state index contributed by atoms with van der Waals surface area (Å²) in [6.45, 7) is 3.22. The summed E-state index contributed by atoms with van der Waals surface area (Å²) >= 11 is 5.88. The average molecular weight is 256 g/mol. The topological polar surface area (TPSA) is 3.24 Å². The monoisotopic (exact) mass is 255 g/mol. The second-order valence-electron chi connectivity index (χ2n) is 4.76. The van der Waals surface area contributed by atoms with Crippen LogP contribution in [0.25, 0.3) is 0 Å². The maximum atomic E-state index is 13.7. The van der Waals surface area contributed by atoms with Gasteiger partial charge in [-0.25, -0.2) is 4.39 Å². The van der Waals surface area contributed by atoms with E-state index in [0.29, 0.717) is 11.6 Å². The van der Waals surface area contributed by atoms with Gasteiger partial charge in [0, 0.05) is 23.8 Å². The van der Waals surface area contributed by atoms with Gasteiger partial charge in [0.15, 0.2) is 0 Å². The predicted octanol–water partition coefficient (Wildman–Crippen LogP) is 4.33. The van der Waals surface area contributed by atoms with E-state index in [9.17, 15) is 4.39 Å². The summed E-state index contributed by atoms with van der Waals surface area (Å²) < 4.78 is 13.7. The van der Waals surface area contributed by atoms with Crippen LogP contribution in [-0.4, -0.2) is 12.6 Å². The van der Waals surface area contributed by atoms with E-state index in [1.54, 1.807) is 6.07 Å². The summed E-state index contributed by atoms with van der Waals surface area (Å²) in [7, 11) is 0. The fourth-order valence-corrected chi connectivity index (χ4v) is 2.85. The van der Waals surface area contributed by atoms with Gasteiger partial charge in [-0.1, -0.05) is 18.9 Å². The normalized spacial score (nSPS) is 21.4. The Morgan fingerprint density at radius 3 is 2.94 bits per heavy atom. The molecule has 0 amide bonds. The molecule has 1 saturated heterocycles. The van der Waals surface area contributed by atoms with Crippen LogP contribution < -0.4 is 4.90 Å². The fourth-order valence-electron chi connectivity index (χ4n) is 2.58. The van der Waals surface area contributed by atoms with Crippen molar-refractivity contribution in [3.8, 4) is 0 Å². The number of nitrogens with zero attached hydrogens (tertiary/aromatic N) is 1. The lowest BCUT2D eigenvalue weighted by atomic mass is 10.1. The van der Waals surface area contributed by atoms with Gasteiger partial charge in [-0.05, 0) is 31.9 Å². The highest BCUT2D eigenvalue weighted by Crippen LogP contribution is 2.29. The third kappa shape index (κ3) is 2.74. The number of alkyl halides is 1. The van der Waals surface area contributed by atoms with E-state index in [0.717, 1.165) is 12.2 Å². The smallest absolute Gasteiger partial charge is 0.129 e. The standard InChI is InChI=1S/C14H19ClFN/c1-11-6-3-2-4-9-17(11)14-8-5-7-13(16)12(14)10-15/h5,7-8,11H,2-4,6,9-10H2,1H3. The van der Waals surface area contributed by atoms with E-state index in [-0.39, 0.29) is 11.7 Å². The van der Waals surface area contributed by atoms with Gasteiger partial charge >= 0.3 is 0 Å². The van der Waals surface area contributed by atoms with Crippen molar-refractivity contribution < 1.29 is 4.39 Å². The first kappa shape index (κ1) is 12.7. The van der Waals surface area contributed by atoms with Gasteiger partial charge < -0.3 is 4.90 Å². The van der Waals surface area contributed by atoms with Gasteiger partial charge in [-0.3, -0.25) is 0 Å². The molecule has 17 heavy (non-hydrogen) atoms. The van der Waals surface area contributed by atoms with Crippen molar-refractivity contribution in [3.63, 3.8) is 0 Å². The fraction of sp³-hybridized carbons (Fsp3) is 0.571. The van der Waals surface area contributed by atoms with Crippen molar-refractivity contribution in [2.24, 2.45) is 0 Å². The van der Waals surface area contributed by atoms with Crippen LogP contribution in [0.15, 0.2) is 18.2 Å². The van der Waals surface area contributed by atoms with Gasteiger partial charge in [0.1, 0.15) is 5.82 Å². The van der Waals surface area contributed by atoms with Crippen LogP contribution in [0.3, 0.4) is 0 Å². The molecule has 1 aromatic rings. The second kappa shape index (κ2) is 5.72. The van der Waals surface area contributed by atoms with Gasteiger partial charge in [-0.2, -0.15) is 0 Å². The highest BCUT2D eigenvalue weighted by atomic mass is 35.5. The van der Waals surface area contributed by atoms with E-state index in [2.05, 4.69) is 11.8 Å². The molecule has 1 aliphatic rings. The van der Waals surface area contributed by atoms with E-state index < -0.39 is 0 Å². The van der Waals surface area contributed by atoms with Crippen molar-refractivity contribution >= 4 is 17.3 Å². The van der Waals surface area contributed by atoms with Crippen LogP contribution >= 0.6 is 11.6 Å². The minimum atomic E-state index is -0.186. The van der Waals surface area contributed by atoms with Crippen LogP contribution in [-0.2, 0) is 5.88 Å². The molecule has 0 radical (unpaired) electrons. The lowest BCUT2D eigenvalue weighted by Crippen LogP contribution is -2.33. The number of benzene rings is 1. The molecule has 1 heterocycles. The molecule has 1 aliphatic heterocycles. The molecule has 1 atom stereocenters. The van der Waals surface area contributed by atoms with Crippen LogP contribution in [0.1, 0.15) is 38.2 Å². The first-order valence-electron chi connectivity index (χ1n) is 6.34. The van der Waals surface area contributed by atoms with Crippen molar-refractivity contribution in [3.05, 3.63) is 29.6 Å². The molecule has 0 aliphatic carbocycles. The van der Waals surface area contributed by atoms with Crippen molar-refractivity contribution in [1.82, 2.24) is 0 Å². The zero-order valence-electron chi connectivity index (χ0n) is 10.3. The molecule has 1 aromatic carbocycles. The Hall–Kier alpha value is -0.760. The number of rotatable bonds is 2. The van der Waals surface area contributed by atoms with Crippen molar-refractivity contribution in [2.75, 3.05) is 11.4 Å². The van der Waals surface area contributed by atoms with Gasteiger partial charge in [0.05, 0.1) is 5.88 Å². The lowest BCUT2D eigenvalue weighted by Gasteiger charge is -2.31. The van der Waals surface area contributed by atoms with E-state index in [1.165, 1.54) is 31.7 Å². The summed E-state index contributed by atoms with van der Waals surface area (Å²) in [6.07, 6.45) is 4.90. The molecule has 0 saturated carbocycles. The molecule has 94 valence electrons. The minimum Gasteiger partial charge on any atom is -0.368 e. The Balaban J connectivity index is 2.34. The van der Waals surface area contributed by atoms with E-state index in [4.69, 9.17) is 11.6 Å². The molecule has 2 rings (SSSR count). The van der Waals surface area contributed by atoms with Crippen LogP contribution in [0, 0.1) is 5.82 Å². The van der Waals surface area contributed by atoms with E-state index in [1.807, 2.05) is 6.07 Å². The van der Waals surface area contributed by atoms with Crippen LogP contribution in [0.4, 0.5) is 10.1 Å². The molecule has 3 heteroatoms. The molecular formula is C14H19ClFN.